The lowest BCUT2D eigenvalue weighted by Crippen LogP contribution is -2.21. The van der Waals surface area contributed by atoms with Gasteiger partial charge in [0.1, 0.15) is 0 Å². The molecule has 3 N–H and O–H groups in total. The summed E-state index contributed by atoms with van der Waals surface area (Å²) in [5.74, 6) is -0.299. The van der Waals surface area contributed by atoms with Crippen LogP contribution in [0.15, 0.2) is 29.2 Å². The first-order valence-corrected chi connectivity index (χ1v) is 8.01. The second-order valence-corrected chi connectivity index (χ2v) is 6.60. The molecule has 6 heteroatoms. The number of nitrogens with one attached hydrogen (secondary N) is 1. The van der Waals surface area contributed by atoms with Gasteiger partial charge in [-0.1, -0.05) is 12.1 Å². The number of hydrogen-bond acceptors (Lipinski definition) is 4. The van der Waals surface area contributed by atoms with Crippen molar-refractivity contribution >= 4 is 15.7 Å². The molecule has 1 aromatic carbocycles. The molecule has 1 unspecified atom stereocenters. The van der Waals surface area contributed by atoms with Gasteiger partial charge in [-0.15, -0.1) is 0 Å². The number of carbonyl (C=O) groups excluding carboxylic acids is 1. The molecule has 19 heavy (non-hydrogen) atoms. The molecule has 0 aromatic heterocycles. The number of carbonyl (C=O) groups is 1. The fourth-order valence-corrected chi connectivity index (χ4v) is 2.33. The molecule has 1 rings (SSSR count). The van der Waals surface area contributed by atoms with E-state index in [4.69, 9.17) is 5.73 Å². The van der Waals surface area contributed by atoms with Crippen molar-refractivity contribution in [2.45, 2.75) is 30.7 Å². The number of hydrogen-bond donors (Lipinski definition) is 2. The van der Waals surface area contributed by atoms with E-state index in [9.17, 15) is 13.2 Å². The topological polar surface area (TPSA) is 89.3 Å². The number of sulfone groups is 1. The molecule has 0 aliphatic carbocycles. The average molecular weight is 284 g/mol. The first-order chi connectivity index (χ1) is 8.80. The SMILES string of the molecule is CC(NCCCC(N)=O)c1ccc(S(C)(=O)=O)cc1. The first kappa shape index (κ1) is 15.7. The molecular weight excluding hydrogens is 264 g/mol. The Morgan fingerprint density at radius 2 is 1.89 bits per heavy atom. The van der Waals surface area contributed by atoms with Crippen LogP contribution in [-0.2, 0) is 14.6 Å². The van der Waals surface area contributed by atoms with Gasteiger partial charge in [-0.25, -0.2) is 8.42 Å². The molecule has 1 atom stereocenters. The van der Waals surface area contributed by atoms with Crippen LogP contribution in [0, 0.1) is 0 Å². The zero-order chi connectivity index (χ0) is 14.5. The van der Waals surface area contributed by atoms with Crippen LogP contribution in [0.3, 0.4) is 0 Å². The molecule has 0 aliphatic rings. The molecule has 0 aliphatic heterocycles. The average Bonchev–Trinajstić information content (AvgIpc) is 2.33. The maximum absolute atomic E-state index is 11.3. The Hall–Kier alpha value is -1.40. The minimum atomic E-state index is -3.15. The summed E-state index contributed by atoms with van der Waals surface area (Å²) in [6.07, 6.45) is 2.25. The lowest BCUT2D eigenvalue weighted by Gasteiger charge is -2.14. The molecular formula is C13H20N2O3S. The fourth-order valence-electron chi connectivity index (χ4n) is 1.70. The quantitative estimate of drug-likeness (QED) is 0.731. The Balaban J connectivity index is 2.54. The predicted octanol–water partition coefficient (Wildman–Crippen LogP) is 1.01. The minimum absolute atomic E-state index is 0.0986. The number of amides is 1. The Morgan fingerprint density at radius 3 is 2.37 bits per heavy atom. The van der Waals surface area contributed by atoms with Gasteiger partial charge in [0.15, 0.2) is 9.84 Å². The van der Waals surface area contributed by atoms with Gasteiger partial charge in [0.2, 0.25) is 5.91 Å². The summed E-state index contributed by atoms with van der Waals surface area (Å²) in [6.45, 7) is 2.68. The maximum Gasteiger partial charge on any atom is 0.217 e. The predicted molar refractivity (Wildman–Crippen MR) is 74.4 cm³/mol. The van der Waals surface area contributed by atoms with Crippen LogP contribution in [-0.4, -0.2) is 27.1 Å². The van der Waals surface area contributed by atoms with Crippen molar-refractivity contribution in [2.24, 2.45) is 5.73 Å². The number of nitrogens with two attached hydrogens (primary N) is 1. The van der Waals surface area contributed by atoms with E-state index in [1.807, 2.05) is 6.92 Å². The van der Waals surface area contributed by atoms with Gasteiger partial charge in [0, 0.05) is 18.7 Å². The molecule has 1 amide bonds. The van der Waals surface area contributed by atoms with Gasteiger partial charge in [0.25, 0.3) is 0 Å². The van der Waals surface area contributed by atoms with Crippen LogP contribution < -0.4 is 11.1 Å². The highest BCUT2D eigenvalue weighted by atomic mass is 32.2. The van der Waals surface area contributed by atoms with Crippen molar-refractivity contribution in [3.05, 3.63) is 29.8 Å². The zero-order valence-corrected chi connectivity index (χ0v) is 12.0. The van der Waals surface area contributed by atoms with E-state index < -0.39 is 9.84 Å². The Bertz CT molecular complexity index is 523. The van der Waals surface area contributed by atoms with Crippen molar-refractivity contribution in [3.8, 4) is 0 Å². The number of benzene rings is 1. The molecule has 106 valence electrons. The molecule has 0 heterocycles. The summed E-state index contributed by atoms with van der Waals surface area (Å²) in [5.41, 5.74) is 6.06. The third-order valence-electron chi connectivity index (χ3n) is 2.86. The van der Waals surface area contributed by atoms with Gasteiger partial charge in [0.05, 0.1) is 4.90 Å². The summed E-state index contributed by atoms with van der Waals surface area (Å²) in [5, 5.41) is 3.26. The molecule has 0 saturated carbocycles. The smallest absolute Gasteiger partial charge is 0.217 e. The molecule has 0 radical (unpaired) electrons. The highest BCUT2D eigenvalue weighted by molar-refractivity contribution is 7.90. The molecule has 0 spiro atoms. The summed E-state index contributed by atoms with van der Waals surface area (Å²) in [6, 6.07) is 6.89. The van der Waals surface area contributed by atoms with Gasteiger partial charge in [-0.2, -0.15) is 0 Å². The minimum Gasteiger partial charge on any atom is -0.370 e. The largest absolute Gasteiger partial charge is 0.370 e. The van der Waals surface area contributed by atoms with Crippen molar-refractivity contribution in [1.29, 1.82) is 0 Å². The van der Waals surface area contributed by atoms with Crippen LogP contribution in [0.5, 0.6) is 0 Å². The summed E-state index contributed by atoms with van der Waals surface area (Å²) in [4.78, 5) is 10.9. The van der Waals surface area contributed by atoms with E-state index in [1.165, 1.54) is 6.26 Å². The molecule has 0 saturated heterocycles. The van der Waals surface area contributed by atoms with Gasteiger partial charge in [-0.05, 0) is 37.6 Å². The van der Waals surface area contributed by atoms with Crippen LogP contribution in [0.4, 0.5) is 0 Å². The summed E-state index contributed by atoms with van der Waals surface area (Å²) >= 11 is 0. The van der Waals surface area contributed by atoms with Crippen molar-refractivity contribution in [3.63, 3.8) is 0 Å². The van der Waals surface area contributed by atoms with Crippen LogP contribution in [0.25, 0.3) is 0 Å². The zero-order valence-electron chi connectivity index (χ0n) is 11.2. The summed E-state index contributed by atoms with van der Waals surface area (Å²) in [7, 11) is -3.15. The van der Waals surface area contributed by atoms with E-state index in [1.54, 1.807) is 24.3 Å². The van der Waals surface area contributed by atoms with Gasteiger partial charge < -0.3 is 11.1 Å². The van der Waals surface area contributed by atoms with E-state index in [-0.39, 0.29) is 11.9 Å². The maximum atomic E-state index is 11.3. The van der Waals surface area contributed by atoms with E-state index in [0.29, 0.717) is 24.3 Å². The third kappa shape index (κ3) is 5.40. The van der Waals surface area contributed by atoms with E-state index in [2.05, 4.69) is 5.32 Å². The van der Waals surface area contributed by atoms with Gasteiger partial charge >= 0.3 is 0 Å². The van der Waals surface area contributed by atoms with E-state index in [0.717, 1.165) is 5.56 Å². The first-order valence-electron chi connectivity index (χ1n) is 6.12. The number of rotatable bonds is 7. The molecule has 5 nitrogen and oxygen atoms in total. The van der Waals surface area contributed by atoms with Crippen molar-refractivity contribution in [2.75, 3.05) is 12.8 Å². The highest BCUT2D eigenvalue weighted by Gasteiger charge is 2.09. The second kappa shape index (κ2) is 6.68. The fraction of sp³-hybridized carbons (Fsp3) is 0.462. The van der Waals surface area contributed by atoms with Crippen LogP contribution in [0.1, 0.15) is 31.4 Å². The number of primary amides is 1. The monoisotopic (exact) mass is 284 g/mol. The molecule has 0 bridgehead atoms. The van der Waals surface area contributed by atoms with Crippen LogP contribution >= 0.6 is 0 Å². The van der Waals surface area contributed by atoms with Gasteiger partial charge in [-0.3, -0.25) is 4.79 Å². The molecule has 1 aromatic rings. The van der Waals surface area contributed by atoms with Crippen molar-refractivity contribution < 1.29 is 13.2 Å². The third-order valence-corrected chi connectivity index (χ3v) is 3.99. The Labute approximate surface area is 114 Å². The molecule has 0 fully saturated rings. The second-order valence-electron chi connectivity index (χ2n) is 4.59. The summed E-state index contributed by atoms with van der Waals surface area (Å²) < 4.78 is 22.7. The normalized spacial score (nSPS) is 13.2. The van der Waals surface area contributed by atoms with Crippen LogP contribution in [0.2, 0.25) is 0 Å². The van der Waals surface area contributed by atoms with E-state index >= 15 is 0 Å². The standard InChI is InChI=1S/C13H20N2O3S/c1-10(15-9-3-4-13(14)16)11-5-7-12(8-6-11)19(2,17)18/h5-8,10,15H,3-4,9H2,1-2H3,(H2,14,16). The Kier molecular flexibility index (Phi) is 5.50. The lowest BCUT2D eigenvalue weighted by molar-refractivity contribution is -0.118. The van der Waals surface area contributed by atoms with Crippen molar-refractivity contribution in [1.82, 2.24) is 5.32 Å². The Morgan fingerprint density at radius 1 is 1.32 bits per heavy atom. The highest BCUT2D eigenvalue weighted by Crippen LogP contribution is 2.16. The lowest BCUT2D eigenvalue weighted by atomic mass is 10.1.